The van der Waals surface area contributed by atoms with Crippen LogP contribution < -0.4 is 0 Å². The molecule has 0 amide bonds. The summed E-state index contributed by atoms with van der Waals surface area (Å²) in [5, 5.41) is 0. The number of rotatable bonds is 18. The van der Waals surface area contributed by atoms with Crippen molar-refractivity contribution in [2.75, 3.05) is 6.61 Å². The lowest BCUT2D eigenvalue weighted by Gasteiger charge is -2.06. The molecular weight excluding hydrogens is 316 g/mol. The molecule has 0 heterocycles. The highest BCUT2D eigenvalue weighted by molar-refractivity contribution is 6.16. The first kappa shape index (κ1) is 23.8. The fraction of sp³-hybridized carbons (Fsp3) is 0.810. The van der Waals surface area contributed by atoms with Crippen LogP contribution in [0.3, 0.4) is 0 Å². The average Bonchev–Trinajstić information content (AvgIpc) is 2.62. The fourth-order valence-corrected chi connectivity index (χ4v) is 2.59. The van der Waals surface area contributed by atoms with Gasteiger partial charge in [-0.25, -0.2) is 4.79 Å². The van der Waals surface area contributed by atoms with Gasteiger partial charge in [0.05, 0.1) is 12.2 Å². The minimum atomic E-state index is -0.751. The predicted octanol–water partition coefficient (Wildman–Crippen LogP) is 6.09. The molecule has 0 aliphatic rings. The van der Waals surface area contributed by atoms with Gasteiger partial charge in [0.15, 0.2) is 5.78 Å². The van der Waals surface area contributed by atoms with Crippen molar-refractivity contribution in [2.24, 2.45) is 0 Å². The van der Waals surface area contributed by atoms with Crippen LogP contribution in [0, 0.1) is 0 Å². The Labute approximate surface area is 154 Å². The van der Waals surface area contributed by atoms with Gasteiger partial charge in [0.25, 0.3) is 0 Å². The molecule has 0 aromatic heterocycles. The summed E-state index contributed by atoms with van der Waals surface area (Å²) in [6, 6.07) is 0. The Bertz CT molecular complexity index is 363. The highest BCUT2D eigenvalue weighted by atomic mass is 17.2. The average molecular weight is 355 g/mol. The third-order valence-corrected chi connectivity index (χ3v) is 4.31. The van der Waals surface area contributed by atoms with Gasteiger partial charge >= 0.3 is 5.97 Å². The summed E-state index contributed by atoms with van der Waals surface area (Å²) < 4.78 is 0. The Hall–Kier alpha value is -1.16. The summed E-state index contributed by atoms with van der Waals surface area (Å²) in [5.74, 6) is -0.986. The van der Waals surface area contributed by atoms with Gasteiger partial charge in [0, 0.05) is 6.42 Å². The molecule has 0 atom stereocenters. The molecule has 0 aliphatic carbocycles. The first-order valence-electron chi connectivity index (χ1n) is 10.2. The molecule has 0 rings (SSSR count). The van der Waals surface area contributed by atoms with E-state index in [-0.39, 0.29) is 11.4 Å². The van der Waals surface area contributed by atoms with E-state index in [4.69, 9.17) is 4.89 Å². The number of unbranched alkanes of at least 4 members (excludes halogenated alkanes) is 11. The number of Topliss-reactive ketones (excluding diaryl/α,β-unsaturated/α-hetero) is 1. The Morgan fingerprint density at radius 1 is 0.720 bits per heavy atom. The van der Waals surface area contributed by atoms with Crippen LogP contribution >= 0.6 is 0 Å². The van der Waals surface area contributed by atoms with Crippen molar-refractivity contribution in [2.45, 2.75) is 104 Å². The highest BCUT2D eigenvalue weighted by Gasteiger charge is 2.17. The summed E-state index contributed by atoms with van der Waals surface area (Å²) in [7, 11) is 0. The van der Waals surface area contributed by atoms with Crippen LogP contribution in [-0.2, 0) is 19.4 Å². The lowest BCUT2D eigenvalue weighted by Crippen LogP contribution is -2.15. The van der Waals surface area contributed by atoms with Gasteiger partial charge in [-0.3, -0.25) is 9.68 Å². The van der Waals surface area contributed by atoms with E-state index in [0.29, 0.717) is 13.0 Å². The van der Waals surface area contributed by atoms with Crippen LogP contribution in [0.2, 0.25) is 0 Å². The van der Waals surface area contributed by atoms with Crippen molar-refractivity contribution >= 4 is 11.8 Å². The molecule has 25 heavy (non-hydrogen) atoms. The van der Waals surface area contributed by atoms with Crippen molar-refractivity contribution in [1.82, 2.24) is 0 Å². The topological polar surface area (TPSA) is 52.6 Å². The van der Waals surface area contributed by atoms with Crippen molar-refractivity contribution in [1.29, 1.82) is 0 Å². The van der Waals surface area contributed by atoms with Gasteiger partial charge in [0.1, 0.15) is 0 Å². The second-order valence-corrected chi connectivity index (χ2v) is 6.73. The van der Waals surface area contributed by atoms with Crippen LogP contribution in [0.25, 0.3) is 0 Å². The largest absolute Gasteiger partial charge is 0.376 e. The first-order valence-corrected chi connectivity index (χ1v) is 10.2. The van der Waals surface area contributed by atoms with Crippen LogP contribution in [0.4, 0.5) is 0 Å². The molecule has 0 aromatic carbocycles. The second kappa shape index (κ2) is 17.7. The van der Waals surface area contributed by atoms with Crippen LogP contribution in [0.5, 0.6) is 0 Å². The zero-order chi connectivity index (χ0) is 18.8. The van der Waals surface area contributed by atoms with Gasteiger partial charge in [0.2, 0.25) is 0 Å². The Morgan fingerprint density at radius 3 is 1.76 bits per heavy atom. The first-order chi connectivity index (χ1) is 12.1. The van der Waals surface area contributed by atoms with Crippen molar-refractivity contribution < 1.29 is 19.4 Å². The Kier molecular flexibility index (Phi) is 16.8. The minimum absolute atomic E-state index is 0.103. The molecule has 4 nitrogen and oxygen atoms in total. The van der Waals surface area contributed by atoms with E-state index in [9.17, 15) is 9.59 Å². The zero-order valence-corrected chi connectivity index (χ0v) is 16.4. The van der Waals surface area contributed by atoms with E-state index in [1.165, 1.54) is 51.4 Å². The second-order valence-electron chi connectivity index (χ2n) is 6.73. The van der Waals surface area contributed by atoms with E-state index in [2.05, 4.69) is 25.3 Å². The van der Waals surface area contributed by atoms with Gasteiger partial charge in [-0.15, -0.1) is 0 Å². The summed E-state index contributed by atoms with van der Waals surface area (Å²) in [6.07, 6.45) is 15.1. The zero-order valence-electron chi connectivity index (χ0n) is 16.4. The minimum Gasteiger partial charge on any atom is -0.294 e. The standard InChI is InChI=1S/C21H38O4/c1-4-6-8-10-12-13-15-17-20(22)19(3)21(23)25-24-18-16-14-11-9-7-5-2/h3-18H2,1-2H3. The molecule has 0 saturated heterocycles. The van der Waals surface area contributed by atoms with Gasteiger partial charge in [-0.2, -0.15) is 4.89 Å². The fourth-order valence-electron chi connectivity index (χ4n) is 2.59. The SMILES string of the molecule is C=C(C(=O)CCCCCCCCC)C(=O)OOCCCCCCCC. The lowest BCUT2D eigenvalue weighted by atomic mass is 10.0. The summed E-state index contributed by atoms with van der Waals surface area (Å²) in [6.45, 7) is 8.29. The molecule has 0 unspecified atom stereocenters. The summed E-state index contributed by atoms with van der Waals surface area (Å²) in [4.78, 5) is 33.2. The van der Waals surface area contributed by atoms with Crippen molar-refractivity contribution in [3.63, 3.8) is 0 Å². The molecule has 0 fully saturated rings. The lowest BCUT2D eigenvalue weighted by molar-refractivity contribution is -0.268. The molecule has 0 saturated carbocycles. The molecule has 0 spiro atoms. The smallest absolute Gasteiger partial charge is 0.294 e. The van der Waals surface area contributed by atoms with Gasteiger partial charge in [-0.05, 0) is 12.8 Å². The number of hydrogen-bond acceptors (Lipinski definition) is 4. The van der Waals surface area contributed by atoms with Gasteiger partial charge in [-0.1, -0.05) is 91.1 Å². The monoisotopic (exact) mass is 354 g/mol. The molecule has 0 bridgehead atoms. The predicted molar refractivity (Wildman–Crippen MR) is 102 cm³/mol. The summed E-state index contributed by atoms with van der Waals surface area (Å²) in [5.41, 5.74) is -0.103. The van der Waals surface area contributed by atoms with Crippen molar-refractivity contribution in [3.8, 4) is 0 Å². The Balaban J connectivity index is 3.59. The third kappa shape index (κ3) is 14.9. The maximum atomic E-state index is 11.9. The molecular formula is C21H38O4. The maximum Gasteiger partial charge on any atom is 0.376 e. The van der Waals surface area contributed by atoms with E-state index in [1.807, 2.05) is 0 Å². The molecule has 0 aromatic rings. The molecule has 0 aliphatic heterocycles. The van der Waals surface area contributed by atoms with Crippen LogP contribution in [-0.4, -0.2) is 18.4 Å². The van der Waals surface area contributed by atoms with E-state index >= 15 is 0 Å². The van der Waals surface area contributed by atoms with E-state index in [0.717, 1.165) is 32.1 Å². The van der Waals surface area contributed by atoms with Gasteiger partial charge < -0.3 is 0 Å². The Morgan fingerprint density at radius 2 is 1.20 bits per heavy atom. The molecule has 4 heteroatoms. The normalized spacial score (nSPS) is 10.6. The third-order valence-electron chi connectivity index (χ3n) is 4.31. The van der Waals surface area contributed by atoms with E-state index in [1.54, 1.807) is 0 Å². The molecule has 0 radical (unpaired) electrons. The van der Waals surface area contributed by atoms with Crippen LogP contribution in [0.15, 0.2) is 12.2 Å². The summed E-state index contributed by atoms with van der Waals surface area (Å²) >= 11 is 0. The number of carbonyl (C=O) groups excluding carboxylic acids is 2. The molecule has 0 N–H and O–H groups in total. The van der Waals surface area contributed by atoms with E-state index < -0.39 is 5.97 Å². The number of carbonyl (C=O) groups is 2. The molecule has 146 valence electrons. The maximum absolute atomic E-state index is 11.9. The number of ketones is 1. The highest BCUT2D eigenvalue weighted by Crippen LogP contribution is 2.11. The van der Waals surface area contributed by atoms with Crippen LogP contribution in [0.1, 0.15) is 104 Å². The quantitative estimate of drug-likeness (QED) is 0.0746. The number of hydrogen-bond donors (Lipinski definition) is 0. The van der Waals surface area contributed by atoms with Crippen molar-refractivity contribution in [3.05, 3.63) is 12.2 Å².